The molecule has 0 spiro atoms. The van der Waals surface area contributed by atoms with Crippen LogP contribution in [0.15, 0.2) is 219 Å². The standard InChI is InChI=1S/C48H30.C11H14/c1-2-9-34-25-35(17-13-31(34)7-1)36-19-20-38-27-39(22-21-37(38)26-36)40-18-14-32-15-23-41(29-43(32)28-40)47-30-42-24-16-33-8-3-4-10-44(33)48(42)46-12-6-5-11-45(46)47;1-4-9(2)11-8-6-5-7-10(11)3/h1-30H;4-9H,1H2,2-3H3. The number of fused-ring (bicyclic) bond motifs is 8. The third kappa shape index (κ3) is 6.83. The van der Waals surface area contributed by atoms with E-state index in [0.29, 0.717) is 5.92 Å². The van der Waals surface area contributed by atoms with E-state index in [4.69, 9.17) is 0 Å². The number of rotatable bonds is 5. The van der Waals surface area contributed by atoms with Crippen LogP contribution in [-0.2, 0) is 0 Å². The average molecular weight is 753 g/mol. The predicted octanol–water partition coefficient (Wildman–Crippen LogP) is 16.9. The lowest BCUT2D eigenvalue weighted by Gasteiger charge is -2.14. The number of hydrogen-bond donors (Lipinski definition) is 0. The topological polar surface area (TPSA) is 0 Å². The highest BCUT2D eigenvalue weighted by molar-refractivity contribution is 6.23. The highest BCUT2D eigenvalue weighted by Crippen LogP contribution is 2.40. The molecule has 0 aliphatic rings. The lowest BCUT2D eigenvalue weighted by atomic mass is 9.90. The van der Waals surface area contributed by atoms with Crippen molar-refractivity contribution in [1.29, 1.82) is 0 Å². The van der Waals surface area contributed by atoms with Crippen molar-refractivity contribution in [2.45, 2.75) is 19.8 Å². The van der Waals surface area contributed by atoms with Crippen LogP contribution in [0.1, 0.15) is 24.0 Å². The fourth-order valence-electron chi connectivity index (χ4n) is 8.91. The van der Waals surface area contributed by atoms with E-state index in [9.17, 15) is 0 Å². The molecule has 0 N–H and O–H groups in total. The highest BCUT2D eigenvalue weighted by atomic mass is 14.2. The lowest BCUT2D eigenvalue weighted by Crippen LogP contribution is -1.91. The molecule has 59 heavy (non-hydrogen) atoms. The minimum Gasteiger partial charge on any atom is -0.102 e. The number of allylic oxidation sites excluding steroid dienone is 1. The van der Waals surface area contributed by atoms with E-state index >= 15 is 0 Å². The first-order valence-electron chi connectivity index (χ1n) is 20.6. The second-order valence-corrected chi connectivity index (χ2v) is 15.9. The zero-order chi connectivity index (χ0) is 39.9. The van der Waals surface area contributed by atoms with Gasteiger partial charge < -0.3 is 0 Å². The summed E-state index contributed by atoms with van der Waals surface area (Å²) in [7, 11) is 0. The minimum atomic E-state index is 0.469. The van der Waals surface area contributed by atoms with Gasteiger partial charge in [-0.2, -0.15) is 0 Å². The number of hydrogen-bond acceptors (Lipinski definition) is 0. The van der Waals surface area contributed by atoms with Crippen molar-refractivity contribution in [3.63, 3.8) is 0 Å². The van der Waals surface area contributed by atoms with Crippen molar-refractivity contribution in [2.75, 3.05) is 0 Å². The summed E-state index contributed by atoms with van der Waals surface area (Å²) in [5.41, 5.74) is 10.2. The van der Waals surface area contributed by atoms with Crippen LogP contribution in [0.4, 0.5) is 0 Å². The molecule has 11 aromatic rings. The van der Waals surface area contributed by atoms with E-state index in [1.807, 2.05) is 6.08 Å². The van der Waals surface area contributed by atoms with Crippen molar-refractivity contribution in [3.8, 4) is 33.4 Å². The summed E-state index contributed by atoms with van der Waals surface area (Å²) in [6.45, 7) is 8.07. The summed E-state index contributed by atoms with van der Waals surface area (Å²) in [6.07, 6.45) is 1.97. The van der Waals surface area contributed by atoms with Gasteiger partial charge in [-0.05, 0) is 158 Å². The Morgan fingerprint density at radius 2 is 0.780 bits per heavy atom. The molecule has 0 saturated heterocycles. The Labute approximate surface area is 346 Å². The zero-order valence-corrected chi connectivity index (χ0v) is 33.5. The molecule has 11 aromatic carbocycles. The minimum absolute atomic E-state index is 0.469. The van der Waals surface area contributed by atoms with Crippen molar-refractivity contribution in [2.24, 2.45) is 0 Å². The van der Waals surface area contributed by atoms with Crippen LogP contribution in [0, 0.1) is 6.92 Å². The Balaban J connectivity index is 0.000000334. The van der Waals surface area contributed by atoms with E-state index in [0.717, 1.165) is 0 Å². The first-order chi connectivity index (χ1) is 29.0. The Bertz CT molecular complexity index is 3380. The summed E-state index contributed by atoms with van der Waals surface area (Å²) >= 11 is 0. The second kappa shape index (κ2) is 15.2. The molecule has 0 radical (unpaired) electrons. The van der Waals surface area contributed by atoms with Gasteiger partial charge in [-0.15, -0.1) is 6.58 Å². The average Bonchev–Trinajstić information content (AvgIpc) is 3.30. The molecule has 0 bridgehead atoms. The largest absolute Gasteiger partial charge is 0.102 e. The van der Waals surface area contributed by atoms with Gasteiger partial charge in [0.15, 0.2) is 0 Å². The molecule has 0 aliphatic carbocycles. The first-order valence-corrected chi connectivity index (χ1v) is 20.6. The molecule has 0 aliphatic heterocycles. The summed E-state index contributed by atoms with van der Waals surface area (Å²) in [6, 6.07) is 75.6. The van der Waals surface area contributed by atoms with Gasteiger partial charge in [-0.25, -0.2) is 0 Å². The van der Waals surface area contributed by atoms with Crippen molar-refractivity contribution >= 4 is 64.6 Å². The Hall–Kier alpha value is -7.28. The van der Waals surface area contributed by atoms with Gasteiger partial charge in [0.25, 0.3) is 0 Å². The molecule has 11 rings (SSSR count). The highest BCUT2D eigenvalue weighted by Gasteiger charge is 2.12. The molecule has 0 heterocycles. The van der Waals surface area contributed by atoms with Crippen molar-refractivity contribution in [3.05, 3.63) is 230 Å². The van der Waals surface area contributed by atoms with Crippen LogP contribution >= 0.6 is 0 Å². The summed E-state index contributed by atoms with van der Waals surface area (Å²) in [4.78, 5) is 0. The smallest absolute Gasteiger partial charge is 0.00105 e. The van der Waals surface area contributed by atoms with E-state index < -0.39 is 0 Å². The van der Waals surface area contributed by atoms with E-state index in [-0.39, 0.29) is 0 Å². The Kier molecular flexibility index (Phi) is 9.32. The molecule has 1 atom stereocenters. The molecule has 0 fully saturated rings. The number of benzene rings is 11. The third-order valence-corrected chi connectivity index (χ3v) is 12.2. The van der Waals surface area contributed by atoms with E-state index in [2.05, 4.69) is 227 Å². The third-order valence-electron chi connectivity index (χ3n) is 12.2. The maximum Gasteiger partial charge on any atom is -0.00105 e. The first kappa shape index (κ1) is 36.1. The molecule has 0 heteroatoms. The Morgan fingerprint density at radius 3 is 1.42 bits per heavy atom. The maximum absolute atomic E-state index is 3.78. The fourth-order valence-corrected chi connectivity index (χ4v) is 8.91. The van der Waals surface area contributed by atoms with Crippen molar-refractivity contribution < 1.29 is 0 Å². The van der Waals surface area contributed by atoms with Crippen LogP contribution in [0.5, 0.6) is 0 Å². The van der Waals surface area contributed by atoms with Crippen LogP contribution in [-0.4, -0.2) is 0 Å². The monoisotopic (exact) mass is 752 g/mol. The molecular weight excluding hydrogens is 709 g/mol. The van der Waals surface area contributed by atoms with Gasteiger partial charge in [0.2, 0.25) is 0 Å². The molecular formula is C59H44. The van der Waals surface area contributed by atoms with E-state index in [1.54, 1.807) is 0 Å². The van der Waals surface area contributed by atoms with Crippen LogP contribution in [0.2, 0.25) is 0 Å². The van der Waals surface area contributed by atoms with Crippen LogP contribution < -0.4 is 0 Å². The van der Waals surface area contributed by atoms with Gasteiger partial charge in [-0.1, -0.05) is 183 Å². The molecule has 1 unspecified atom stereocenters. The van der Waals surface area contributed by atoms with Gasteiger partial charge in [0.05, 0.1) is 0 Å². The predicted molar refractivity (Wildman–Crippen MR) is 258 cm³/mol. The molecule has 0 aromatic heterocycles. The van der Waals surface area contributed by atoms with Crippen LogP contribution in [0.3, 0.4) is 0 Å². The summed E-state index contributed by atoms with van der Waals surface area (Å²) < 4.78 is 0. The Morgan fingerprint density at radius 1 is 0.356 bits per heavy atom. The summed E-state index contributed by atoms with van der Waals surface area (Å²) in [5.74, 6) is 0.469. The fraction of sp³-hybridized carbons (Fsp3) is 0.0508. The summed E-state index contributed by atoms with van der Waals surface area (Å²) in [5, 5.41) is 15.3. The van der Waals surface area contributed by atoms with Gasteiger partial charge in [0, 0.05) is 0 Å². The number of aryl methyl sites for hydroxylation is 1. The molecule has 0 nitrogen and oxygen atoms in total. The molecule has 280 valence electrons. The zero-order valence-electron chi connectivity index (χ0n) is 33.5. The van der Waals surface area contributed by atoms with Gasteiger partial charge in [-0.3, -0.25) is 0 Å². The molecule has 0 saturated carbocycles. The lowest BCUT2D eigenvalue weighted by molar-refractivity contribution is 0.956. The maximum atomic E-state index is 3.78. The van der Waals surface area contributed by atoms with Crippen LogP contribution in [0.25, 0.3) is 98.0 Å². The molecule has 0 amide bonds. The normalized spacial score (nSPS) is 11.9. The SMILES string of the molecule is C=CC(C)c1ccccc1C.c1ccc2cc(-c3ccc4cc(-c5ccc6ccc(-c7cc8ccc9ccccc9c8c8ccccc78)cc6c5)ccc4c3)ccc2c1. The van der Waals surface area contributed by atoms with E-state index in [1.165, 1.54) is 109 Å². The van der Waals surface area contributed by atoms with Gasteiger partial charge in [0.1, 0.15) is 0 Å². The van der Waals surface area contributed by atoms with Crippen molar-refractivity contribution in [1.82, 2.24) is 0 Å². The van der Waals surface area contributed by atoms with Gasteiger partial charge >= 0.3 is 0 Å². The quantitative estimate of drug-likeness (QED) is 0.121. The second-order valence-electron chi connectivity index (χ2n) is 15.9.